The molecule has 4 N–H and O–H groups in total. The Labute approximate surface area is 170 Å². The number of fused-ring (bicyclic) bond motifs is 2. The molecule has 3 aromatic rings. The van der Waals surface area contributed by atoms with Crippen LogP contribution in [0.15, 0.2) is 36.9 Å². The maximum atomic E-state index is 10.3. The summed E-state index contributed by atoms with van der Waals surface area (Å²) in [7, 11) is 0. The number of imidazole rings is 1. The Bertz CT molecular complexity index is 1050. The Kier molecular flexibility index (Phi) is 4.87. The summed E-state index contributed by atoms with van der Waals surface area (Å²) in [6.45, 7) is 0.423. The number of hydrogen-bond acceptors (Lipinski definition) is 10. The zero-order chi connectivity index (χ0) is 20.7. The lowest BCUT2D eigenvalue weighted by atomic mass is 10.1. The van der Waals surface area contributed by atoms with Crippen molar-refractivity contribution in [3.63, 3.8) is 0 Å². The first-order chi connectivity index (χ1) is 14.7. The molecule has 2 aliphatic rings. The number of aromatic nitrogens is 4. The second-order valence-corrected chi connectivity index (χ2v) is 7.15. The van der Waals surface area contributed by atoms with Crippen molar-refractivity contribution in [3.8, 4) is 11.5 Å². The number of hydrogen-bond donors (Lipinski definition) is 4. The molecule has 0 amide bonds. The molecule has 1 unspecified atom stereocenters. The van der Waals surface area contributed by atoms with E-state index in [1.165, 1.54) is 17.2 Å². The summed E-state index contributed by atoms with van der Waals surface area (Å²) in [6.07, 6.45) is -1.61. The molecule has 2 aliphatic heterocycles. The van der Waals surface area contributed by atoms with Crippen molar-refractivity contribution >= 4 is 17.0 Å². The van der Waals surface area contributed by atoms with Crippen molar-refractivity contribution in [2.75, 3.05) is 25.1 Å². The highest BCUT2D eigenvalue weighted by Crippen LogP contribution is 2.33. The van der Waals surface area contributed by atoms with Crippen LogP contribution in [-0.4, -0.2) is 79.0 Å². The zero-order valence-corrected chi connectivity index (χ0v) is 15.8. The number of nitrogens with one attached hydrogen (secondary N) is 1. The maximum absolute atomic E-state index is 10.3. The largest absolute Gasteiger partial charge is 0.486 e. The summed E-state index contributed by atoms with van der Waals surface area (Å²) in [5.74, 6) is 1.90. The summed E-state index contributed by atoms with van der Waals surface area (Å²) >= 11 is 0. The van der Waals surface area contributed by atoms with Crippen LogP contribution in [-0.2, 0) is 4.74 Å². The van der Waals surface area contributed by atoms with Gasteiger partial charge in [0.1, 0.15) is 37.4 Å². The number of anilines is 1. The van der Waals surface area contributed by atoms with Gasteiger partial charge in [-0.2, -0.15) is 0 Å². The molecule has 0 saturated carbocycles. The number of benzene rings is 1. The lowest BCUT2D eigenvalue weighted by Gasteiger charge is -2.26. The monoisotopic (exact) mass is 415 g/mol. The molecule has 158 valence electrons. The summed E-state index contributed by atoms with van der Waals surface area (Å²) in [6, 6.07) is 7.49. The highest BCUT2D eigenvalue weighted by atomic mass is 16.6. The molecular formula is C19H21N5O6. The van der Waals surface area contributed by atoms with Gasteiger partial charge >= 0.3 is 0 Å². The molecule has 1 fully saturated rings. The predicted octanol–water partition coefficient (Wildman–Crippen LogP) is -0.310. The number of rotatable bonds is 5. The van der Waals surface area contributed by atoms with Crippen molar-refractivity contribution in [3.05, 3.63) is 36.9 Å². The van der Waals surface area contributed by atoms with Crippen LogP contribution in [0.5, 0.6) is 11.5 Å². The van der Waals surface area contributed by atoms with E-state index in [1.54, 1.807) is 0 Å². The van der Waals surface area contributed by atoms with Crippen molar-refractivity contribution in [2.45, 2.75) is 30.6 Å². The van der Waals surface area contributed by atoms with Crippen molar-refractivity contribution in [1.29, 1.82) is 0 Å². The van der Waals surface area contributed by atoms with Crippen LogP contribution in [0.4, 0.5) is 5.82 Å². The first kappa shape index (κ1) is 19.0. The molecule has 0 aliphatic carbocycles. The molecule has 11 heteroatoms. The topological polar surface area (TPSA) is 144 Å². The average Bonchev–Trinajstić information content (AvgIpc) is 3.33. The summed E-state index contributed by atoms with van der Waals surface area (Å²) in [4.78, 5) is 12.8. The van der Waals surface area contributed by atoms with E-state index in [0.29, 0.717) is 35.9 Å². The lowest BCUT2D eigenvalue weighted by molar-refractivity contribution is -0.0511. The quantitative estimate of drug-likeness (QED) is 0.438. The van der Waals surface area contributed by atoms with Gasteiger partial charge in [-0.3, -0.25) is 4.57 Å². The van der Waals surface area contributed by atoms with Crippen LogP contribution in [0.1, 0.15) is 6.23 Å². The van der Waals surface area contributed by atoms with Crippen LogP contribution in [0.2, 0.25) is 0 Å². The second kappa shape index (κ2) is 7.69. The minimum atomic E-state index is -1.22. The van der Waals surface area contributed by atoms with Gasteiger partial charge in [0.25, 0.3) is 0 Å². The Morgan fingerprint density at radius 1 is 1.10 bits per heavy atom. The van der Waals surface area contributed by atoms with Crippen molar-refractivity contribution in [1.82, 2.24) is 19.5 Å². The molecule has 4 heterocycles. The zero-order valence-electron chi connectivity index (χ0n) is 15.8. The van der Waals surface area contributed by atoms with Gasteiger partial charge in [-0.25, -0.2) is 15.0 Å². The van der Waals surface area contributed by atoms with Gasteiger partial charge in [0.05, 0.1) is 19.5 Å². The Balaban J connectivity index is 1.33. The van der Waals surface area contributed by atoms with Crippen LogP contribution in [0.25, 0.3) is 11.2 Å². The maximum Gasteiger partial charge on any atom is 0.167 e. The fraction of sp³-hybridized carbons (Fsp3) is 0.421. The smallest absolute Gasteiger partial charge is 0.167 e. The van der Waals surface area contributed by atoms with Gasteiger partial charge in [-0.1, -0.05) is 12.1 Å². The summed E-state index contributed by atoms with van der Waals surface area (Å²) in [5.41, 5.74) is 0.904. The molecule has 2 aromatic heterocycles. The van der Waals surface area contributed by atoms with E-state index in [2.05, 4.69) is 20.3 Å². The SMILES string of the molecule is OC[C@H]1O[C@@H](n2cnc3c(NCC4COc5ccccc5O4)ncnc32)[C@H](O)[C@@H]1O. The van der Waals surface area contributed by atoms with Gasteiger partial charge < -0.3 is 34.8 Å². The van der Waals surface area contributed by atoms with Crippen LogP contribution in [0, 0.1) is 0 Å². The summed E-state index contributed by atoms with van der Waals surface area (Å²) in [5, 5.41) is 32.8. The first-order valence-electron chi connectivity index (χ1n) is 9.58. The van der Waals surface area contributed by atoms with E-state index in [-0.39, 0.29) is 6.10 Å². The van der Waals surface area contributed by atoms with Crippen LogP contribution < -0.4 is 14.8 Å². The van der Waals surface area contributed by atoms with E-state index < -0.39 is 31.1 Å². The number of nitrogens with zero attached hydrogens (tertiary/aromatic N) is 4. The lowest BCUT2D eigenvalue weighted by Crippen LogP contribution is -2.35. The summed E-state index contributed by atoms with van der Waals surface area (Å²) < 4.78 is 18.7. The van der Waals surface area contributed by atoms with E-state index >= 15 is 0 Å². The highest BCUT2D eigenvalue weighted by molar-refractivity contribution is 5.82. The third kappa shape index (κ3) is 3.21. The number of para-hydroxylation sites is 2. The molecular weight excluding hydrogens is 394 g/mol. The molecule has 0 bridgehead atoms. The molecule has 5 atom stereocenters. The van der Waals surface area contributed by atoms with Gasteiger partial charge in [0.2, 0.25) is 0 Å². The normalized spacial score (nSPS) is 28.0. The Hall–Kier alpha value is -2.99. The van der Waals surface area contributed by atoms with Gasteiger partial charge in [-0.05, 0) is 12.1 Å². The molecule has 30 heavy (non-hydrogen) atoms. The fourth-order valence-corrected chi connectivity index (χ4v) is 3.65. The fourth-order valence-electron chi connectivity index (χ4n) is 3.65. The first-order valence-corrected chi connectivity index (χ1v) is 9.58. The standard InChI is InChI=1S/C19H21N5O6/c25-6-13-15(26)16(27)19(30-13)24-9-23-14-17(21-8-22-18(14)24)20-5-10-7-28-11-3-1-2-4-12(11)29-10/h1-4,8-10,13,15-16,19,25-27H,5-7H2,(H,20,21,22)/t10?,13-,15-,16-,19-/m1/s1. The molecule has 1 aromatic carbocycles. The predicted molar refractivity (Wildman–Crippen MR) is 103 cm³/mol. The molecule has 5 rings (SSSR count). The van der Waals surface area contributed by atoms with E-state index in [1.807, 2.05) is 24.3 Å². The molecule has 0 spiro atoms. The average molecular weight is 415 g/mol. The van der Waals surface area contributed by atoms with Gasteiger partial charge in [0.15, 0.2) is 34.7 Å². The van der Waals surface area contributed by atoms with E-state index in [0.717, 1.165) is 5.75 Å². The minimum Gasteiger partial charge on any atom is -0.486 e. The third-order valence-corrected chi connectivity index (χ3v) is 5.21. The van der Waals surface area contributed by atoms with Crippen LogP contribution in [0.3, 0.4) is 0 Å². The van der Waals surface area contributed by atoms with Crippen LogP contribution >= 0.6 is 0 Å². The van der Waals surface area contributed by atoms with Gasteiger partial charge in [0, 0.05) is 0 Å². The Morgan fingerprint density at radius 3 is 2.73 bits per heavy atom. The number of ether oxygens (including phenoxy) is 3. The third-order valence-electron chi connectivity index (χ3n) is 5.21. The number of aliphatic hydroxyl groups is 3. The minimum absolute atomic E-state index is 0.215. The molecule has 0 radical (unpaired) electrons. The van der Waals surface area contributed by atoms with Crippen molar-refractivity contribution in [2.24, 2.45) is 0 Å². The molecule has 11 nitrogen and oxygen atoms in total. The van der Waals surface area contributed by atoms with E-state index in [4.69, 9.17) is 14.2 Å². The highest BCUT2D eigenvalue weighted by Gasteiger charge is 2.44. The second-order valence-electron chi connectivity index (χ2n) is 7.15. The Morgan fingerprint density at radius 2 is 1.93 bits per heavy atom. The molecule has 1 saturated heterocycles. The van der Waals surface area contributed by atoms with Gasteiger partial charge in [-0.15, -0.1) is 0 Å². The number of aliphatic hydroxyl groups excluding tert-OH is 3. The van der Waals surface area contributed by atoms with Crippen molar-refractivity contribution < 1.29 is 29.5 Å². The van der Waals surface area contributed by atoms with E-state index in [9.17, 15) is 15.3 Å².